The van der Waals surface area contributed by atoms with Gasteiger partial charge >= 0.3 is 0 Å². The monoisotopic (exact) mass is 461 g/mol. The third-order valence-corrected chi connectivity index (χ3v) is 6.49. The van der Waals surface area contributed by atoms with Crippen LogP contribution in [0, 0.1) is 6.92 Å². The average molecular weight is 462 g/mol. The van der Waals surface area contributed by atoms with Gasteiger partial charge in [0.25, 0.3) is 5.91 Å². The van der Waals surface area contributed by atoms with Gasteiger partial charge in [-0.05, 0) is 37.1 Å². The Morgan fingerprint density at radius 2 is 2.06 bits per heavy atom. The lowest BCUT2D eigenvalue weighted by molar-refractivity contribution is -0.117. The van der Waals surface area contributed by atoms with Crippen molar-refractivity contribution >= 4 is 29.3 Å². The lowest BCUT2D eigenvalue weighted by Gasteiger charge is -2.16. The first-order chi connectivity index (χ1) is 16.0. The molecule has 1 fully saturated rings. The second-order valence-electron chi connectivity index (χ2n) is 7.96. The van der Waals surface area contributed by atoms with E-state index in [1.807, 2.05) is 10.6 Å². The number of hydrogen-bond acceptors (Lipinski definition) is 5. The zero-order valence-corrected chi connectivity index (χ0v) is 19.5. The Morgan fingerprint density at radius 1 is 1.21 bits per heavy atom. The number of carbonyl (C=O) groups excluding carboxylic acids is 2. The van der Waals surface area contributed by atoms with Gasteiger partial charge in [0.1, 0.15) is 0 Å². The minimum Gasteiger partial charge on any atom is -0.345 e. The molecule has 0 radical (unpaired) electrons. The number of benzene rings is 2. The summed E-state index contributed by atoms with van der Waals surface area (Å²) in [5.74, 6) is 1.33. The van der Waals surface area contributed by atoms with Crippen molar-refractivity contribution in [2.24, 2.45) is 0 Å². The molecule has 1 saturated heterocycles. The van der Waals surface area contributed by atoms with Crippen LogP contribution in [0.2, 0.25) is 0 Å². The summed E-state index contributed by atoms with van der Waals surface area (Å²) in [5.41, 5.74) is 3.72. The first kappa shape index (κ1) is 22.8. The summed E-state index contributed by atoms with van der Waals surface area (Å²) in [6.45, 7) is 7.41. The van der Waals surface area contributed by atoms with E-state index in [1.54, 1.807) is 40.9 Å². The molecule has 33 heavy (non-hydrogen) atoms. The molecule has 7 nitrogen and oxygen atoms in total. The maximum Gasteiger partial charge on any atom is 0.251 e. The smallest absolute Gasteiger partial charge is 0.251 e. The summed E-state index contributed by atoms with van der Waals surface area (Å²) in [6, 6.07) is 15.6. The molecule has 1 aliphatic heterocycles. The summed E-state index contributed by atoms with van der Waals surface area (Å²) in [6.07, 6.45) is 3.19. The molecule has 1 aliphatic rings. The SMILES string of the molecule is C=CCn1c(CNC(=O)c2cccc(N3CCCC3=O)c2)nnc1SCc1cccc(C)c1. The molecule has 1 N–H and O–H groups in total. The van der Waals surface area contributed by atoms with E-state index in [2.05, 4.69) is 53.3 Å². The van der Waals surface area contributed by atoms with Crippen LogP contribution in [0.15, 0.2) is 66.3 Å². The number of aryl methyl sites for hydroxylation is 1. The maximum atomic E-state index is 12.8. The molecule has 0 bridgehead atoms. The molecule has 3 aromatic rings. The molecule has 0 unspecified atom stereocenters. The van der Waals surface area contributed by atoms with Gasteiger partial charge in [-0.2, -0.15) is 0 Å². The van der Waals surface area contributed by atoms with Crippen molar-refractivity contribution < 1.29 is 9.59 Å². The van der Waals surface area contributed by atoms with Crippen molar-refractivity contribution in [2.75, 3.05) is 11.4 Å². The molecule has 0 saturated carbocycles. The predicted molar refractivity (Wildman–Crippen MR) is 130 cm³/mol. The Morgan fingerprint density at radius 3 is 2.82 bits per heavy atom. The molecule has 0 aliphatic carbocycles. The number of hydrogen-bond donors (Lipinski definition) is 1. The van der Waals surface area contributed by atoms with E-state index in [1.165, 1.54) is 11.1 Å². The van der Waals surface area contributed by atoms with Gasteiger partial charge in [-0.15, -0.1) is 16.8 Å². The van der Waals surface area contributed by atoms with E-state index in [0.717, 1.165) is 23.0 Å². The summed E-state index contributed by atoms with van der Waals surface area (Å²) in [4.78, 5) is 26.5. The van der Waals surface area contributed by atoms with Crippen LogP contribution in [0.4, 0.5) is 5.69 Å². The number of nitrogens with zero attached hydrogens (tertiary/aromatic N) is 4. The Labute approximate surface area is 197 Å². The van der Waals surface area contributed by atoms with Gasteiger partial charge in [-0.1, -0.05) is 53.7 Å². The van der Waals surface area contributed by atoms with Crippen LogP contribution in [0.25, 0.3) is 0 Å². The van der Waals surface area contributed by atoms with Crippen LogP contribution in [0.3, 0.4) is 0 Å². The Balaban J connectivity index is 1.42. The van der Waals surface area contributed by atoms with E-state index < -0.39 is 0 Å². The Bertz CT molecular complexity index is 1170. The molecule has 170 valence electrons. The highest BCUT2D eigenvalue weighted by Gasteiger charge is 2.22. The van der Waals surface area contributed by atoms with Crippen LogP contribution < -0.4 is 10.2 Å². The fourth-order valence-corrected chi connectivity index (χ4v) is 4.73. The third-order valence-electron chi connectivity index (χ3n) is 5.46. The molecule has 2 amide bonds. The van der Waals surface area contributed by atoms with Gasteiger partial charge in [-0.25, -0.2) is 0 Å². The minimum atomic E-state index is -0.217. The number of aromatic nitrogens is 3. The summed E-state index contributed by atoms with van der Waals surface area (Å²) in [5, 5.41) is 12.3. The number of carbonyl (C=O) groups is 2. The Kier molecular flexibility index (Phi) is 7.24. The van der Waals surface area contributed by atoms with E-state index in [-0.39, 0.29) is 18.4 Å². The first-order valence-corrected chi connectivity index (χ1v) is 11.9. The van der Waals surface area contributed by atoms with Crippen molar-refractivity contribution in [2.45, 2.75) is 43.8 Å². The maximum absolute atomic E-state index is 12.8. The van der Waals surface area contributed by atoms with Crippen LogP contribution >= 0.6 is 11.8 Å². The van der Waals surface area contributed by atoms with Gasteiger partial charge in [0.05, 0.1) is 6.54 Å². The zero-order chi connectivity index (χ0) is 23.2. The van der Waals surface area contributed by atoms with Gasteiger partial charge in [-0.3, -0.25) is 9.59 Å². The highest BCUT2D eigenvalue weighted by atomic mass is 32.2. The number of anilines is 1. The molecular formula is C25H27N5O2S. The molecule has 0 atom stereocenters. The summed E-state index contributed by atoms with van der Waals surface area (Å²) < 4.78 is 1.97. The van der Waals surface area contributed by atoms with Gasteiger partial charge in [0, 0.05) is 36.5 Å². The zero-order valence-electron chi connectivity index (χ0n) is 18.7. The topological polar surface area (TPSA) is 80.1 Å². The fourth-order valence-electron chi connectivity index (χ4n) is 3.82. The summed E-state index contributed by atoms with van der Waals surface area (Å²) >= 11 is 1.61. The van der Waals surface area contributed by atoms with E-state index in [4.69, 9.17) is 0 Å². The van der Waals surface area contributed by atoms with Crippen LogP contribution in [-0.4, -0.2) is 33.1 Å². The largest absolute Gasteiger partial charge is 0.345 e. The molecule has 4 rings (SSSR count). The van der Waals surface area contributed by atoms with Crippen molar-refractivity contribution in [1.82, 2.24) is 20.1 Å². The lowest BCUT2D eigenvalue weighted by atomic mass is 10.1. The second-order valence-corrected chi connectivity index (χ2v) is 8.90. The van der Waals surface area contributed by atoms with Crippen molar-refractivity contribution in [1.29, 1.82) is 0 Å². The molecular weight excluding hydrogens is 434 g/mol. The third kappa shape index (κ3) is 5.51. The average Bonchev–Trinajstić information content (AvgIpc) is 3.42. The van der Waals surface area contributed by atoms with Crippen molar-refractivity contribution in [3.05, 3.63) is 83.7 Å². The summed E-state index contributed by atoms with van der Waals surface area (Å²) in [7, 11) is 0. The Hall–Kier alpha value is -3.39. The molecule has 1 aromatic heterocycles. The van der Waals surface area contributed by atoms with E-state index in [9.17, 15) is 9.59 Å². The molecule has 2 aromatic carbocycles. The van der Waals surface area contributed by atoms with Gasteiger partial charge < -0.3 is 14.8 Å². The standard InChI is InChI=1S/C25H27N5O2S/c1-3-12-30-22(27-28-25(30)33-17-19-8-4-7-18(2)14-19)16-26-24(32)20-9-5-10-21(15-20)29-13-6-11-23(29)31/h3-5,7-10,14-15H,1,6,11-13,16-17H2,2H3,(H,26,32). The number of allylic oxidation sites excluding steroid dienone is 1. The number of thioether (sulfide) groups is 1. The van der Waals surface area contributed by atoms with Crippen molar-refractivity contribution in [3.63, 3.8) is 0 Å². The molecule has 8 heteroatoms. The fraction of sp³-hybridized carbons (Fsp3) is 0.280. The highest BCUT2D eigenvalue weighted by molar-refractivity contribution is 7.98. The number of rotatable bonds is 9. The van der Waals surface area contributed by atoms with Crippen LogP contribution in [0.1, 0.15) is 40.2 Å². The molecule has 0 spiro atoms. The molecule has 2 heterocycles. The number of amides is 2. The van der Waals surface area contributed by atoms with Crippen molar-refractivity contribution in [3.8, 4) is 0 Å². The quantitative estimate of drug-likeness (QED) is 0.383. The predicted octanol–water partition coefficient (Wildman–Crippen LogP) is 4.12. The second kappa shape index (κ2) is 10.5. The van der Waals surface area contributed by atoms with E-state index in [0.29, 0.717) is 30.9 Å². The normalized spacial score (nSPS) is 13.4. The van der Waals surface area contributed by atoms with Crippen LogP contribution in [-0.2, 0) is 23.6 Å². The van der Waals surface area contributed by atoms with Crippen LogP contribution in [0.5, 0.6) is 0 Å². The van der Waals surface area contributed by atoms with E-state index >= 15 is 0 Å². The first-order valence-electron chi connectivity index (χ1n) is 10.9. The number of nitrogens with one attached hydrogen (secondary N) is 1. The highest BCUT2D eigenvalue weighted by Crippen LogP contribution is 2.24. The van der Waals surface area contributed by atoms with Gasteiger partial charge in [0.15, 0.2) is 11.0 Å². The van der Waals surface area contributed by atoms with Gasteiger partial charge in [0.2, 0.25) is 5.91 Å². The lowest BCUT2D eigenvalue weighted by Crippen LogP contribution is -2.26. The minimum absolute atomic E-state index is 0.0979.